The molecule has 0 amide bonds. The number of sulfone groups is 1. The smallest absolute Gasteiger partial charge is 0.180 e. The van der Waals surface area contributed by atoms with Crippen molar-refractivity contribution in [1.82, 2.24) is 0 Å². The fourth-order valence-electron chi connectivity index (χ4n) is 0.451. The minimum absolute atomic E-state index is 0.590. The molecular weight excluding hydrogens is 124 g/mol. The molecule has 0 spiro atoms. The summed E-state index contributed by atoms with van der Waals surface area (Å²) >= 11 is 0. The third kappa shape index (κ3) is 0.508. The predicted molar refractivity (Wildman–Crippen MR) is 32.1 cm³/mol. The van der Waals surface area contributed by atoms with Crippen LogP contribution >= 0.6 is 0 Å². The van der Waals surface area contributed by atoms with Crippen molar-refractivity contribution in [2.45, 2.75) is 18.6 Å². The fourth-order valence-corrected chi connectivity index (χ4v) is 1.35. The van der Waals surface area contributed by atoms with Crippen LogP contribution in [0.5, 0.6) is 0 Å². The lowest BCUT2D eigenvalue weighted by Crippen LogP contribution is -2.34. The second kappa shape index (κ2) is 1.16. The lowest BCUT2D eigenvalue weighted by Gasteiger charge is -2.25. The number of hydrogen-bond donors (Lipinski definition) is 0. The van der Waals surface area contributed by atoms with Crippen LogP contribution in [0.15, 0.2) is 11.5 Å². The monoisotopic (exact) mass is 132 g/mol. The molecule has 1 heterocycles. The Hall–Kier alpha value is -0.310. The maximum Gasteiger partial charge on any atom is 0.180 e. The summed E-state index contributed by atoms with van der Waals surface area (Å²) in [7, 11) is -2.84. The average molecular weight is 132 g/mol. The molecular formula is C5H8O2S. The summed E-state index contributed by atoms with van der Waals surface area (Å²) in [6.07, 6.45) is 1.68. The van der Waals surface area contributed by atoms with Gasteiger partial charge in [0.1, 0.15) is 0 Å². The van der Waals surface area contributed by atoms with Crippen molar-refractivity contribution >= 4 is 9.84 Å². The Bertz CT molecular complexity index is 221. The minimum Gasteiger partial charge on any atom is -0.223 e. The van der Waals surface area contributed by atoms with E-state index in [1.165, 1.54) is 5.41 Å². The van der Waals surface area contributed by atoms with Gasteiger partial charge in [0.25, 0.3) is 0 Å². The fraction of sp³-hybridized carbons (Fsp3) is 0.600. The Balaban J connectivity index is 3.19. The molecule has 3 heteroatoms. The Morgan fingerprint density at radius 1 is 1.38 bits per heavy atom. The molecule has 0 N–H and O–H groups in total. The third-order valence-electron chi connectivity index (χ3n) is 1.38. The number of rotatable bonds is 0. The number of hydrogen-bond acceptors (Lipinski definition) is 2. The summed E-state index contributed by atoms with van der Waals surface area (Å²) in [6, 6.07) is 0. The van der Waals surface area contributed by atoms with Crippen LogP contribution in [0.1, 0.15) is 13.8 Å². The van der Waals surface area contributed by atoms with Crippen LogP contribution in [-0.4, -0.2) is 13.2 Å². The van der Waals surface area contributed by atoms with E-state index in [4.69, 9.17) is 0 Å². The summed E-state index contributed by atoms with van der Waals surface area (Å²) in [5.41, 5.74) is 0. The SMILES string of the molecule is CC1(C)C=CS1(=O)=O. The first-order valence-electron chi connectivity index (χ1n) is 2.40. The van der Waals surface area contributed by atoms with Gasteiger partial charge in [-0.1, -0.05) is 6.08 Å². The molecule has 46 valence electrons. The standard InChI is InChI=1S/C5H8O2S/c1-5(2)3-4-8(5,6)7/h3-4H,1-2H3. The van der Waals surface area contributed by atoms with Crippen molar-refractivity contribution in [3.63, 3.8) is 0 Å². The highest BCUT2D eigenvalue weighted by Crippen LogP contribution is 2.28. The first kappa shape index (κ1) is 5.82. The van der Waals surface area contributed by atoms with Crippen LogP contribution in [-0.2, 0) is 9.84 Å². The molecule has 0 saturated carbocycles. The van der Waals surface area contributed by atoms with Crippen LogP contribution in [0.3, 0.4) is 0 Å². The van der Waals surface area contributed by atoms with Gasteiger partial charge in [0.2, 0.25) is 0 Å². The molecule has 0 aromatic rings. The molecule has 1 aliphatic rings. The van der Waals surface area contributed by atoms with Crippen molar-refractivity contribution in [2.75, 3.05) is 0 Å². The molecule has 0 fully saturated rings. The van der Waals surface area contributed by atoms with Crippen molar-refractivity contribution < 1.29 is 8.42 Å². The first-order valence-corrected chi connectivity index (χ1v) is 3.94. The molecule has 8 heavy (non-hydrogen) atoms. The average Bonchev–Trinajstić information content (AvgIpc) is 1.64. The van der Waals surface area contributed by atoms with Gasteiger partial charge in [-0.05, 0) is 13.8 Å². The Morgan fingerprint density at radius 3 is 1.75 bits per heavy atom. The van der Waals surface area contributed by atoms with Crippen molar-refractivity contribution in [2.24, 2.45) is 0 Å². The van der Waals surface area contributed by atoms with Crippen molar-refractivity contribution in [3.05, 3.63) is 11.5 Å². The summed E-state index contributed by atoms with van der Waals surface area (Å²) in [5.74, 6) is 0. The molecule has 0 unspecified atom stereocenters. The Labute approximate surface area is 49.1 Å². The molecule has 1 aliphatic heterocycles. The maximum absolute atomic E-state index is 10.7. The van der Waals surface area contributed by atoms with E-state index in [1.54, 1.807) is 19.9 Å². The quantitative estimate of drug-likeness (QED) is 0.486. The molecule has 0 radical (unpaired) electrons. The highest BCUT2D eigenvalue weighted by atomic mass is 32.2. The lowest BCUT2D eigenvalue weighted by molar-refractivity contribution is 0.574. The lowest BCUT2D eigenvalue weighted by atomic mass is 10.2. The highest BCUT2D eigenvalue weighted by Gasteiger charge is 2.36. The summed E-state index contributed by atoms with van der Waals surface area (Å²) in [6.45, 7) is 3.37. The third-order valence-corrected chi connectivity index (χ3v) is 3.48. The van der Waals surface area contributed by atoms with Crippen LogP contribution in [0, 0.1) is 0 Å². The summed E-state index contributed by atoms with van der Waals surface area (Å²) in [4.78, 5) is 0. The van der Waals surface area contributed by atoms with E-state index < -0.39 is 14.6 Å². The second-order valence-electron chi connectivity index (χ2n) is 2.45. The maximum atomic E-state index is 10.7. The molecule has 0 atom stereocenters. The molecule has 0 saturated heterocycles. The predicted octanol–water partition coefficient (Wildman–Crippen LogP) is 0.707. The van der Waals surface area contributed by atoms with Crippen LogP contribution in [0.4, 0.5) is 0 Å². The minimum atomic E-state index is -2.84. The largest absolute Gasteiger partial charge is 0.223 e. The molecule has 0 aromatic carbocycles. The van der Waals surface area contributed by atoms with Gasteiger partial charge in [-0.3, -0.25) is 0 Å². The van der Waals surface area contributed by atoms with Crippen LogP contribution < -0.4 is 0 Å². The van der Waals surface area contributed by atoms with Gasteiger partial charge >= 0.3 is 0 Å². The second-order valence-corrected chi connectivity index (χ2v) is 4.87. The van der Waals surface area contributed by atoms with Crippen molar-refractivity contribution in [1.29, 1.82) is 0 Å². The van der Waals surface area contributed by atoms with Gasteiger partial charge in [0, 0.05) is 5.41 Å². The normalized spacial score (nSPS) is 29.2. The van der Waals surface area contributed by atoms with Crippen molar-refractivity contribution in [3.8, 4) is 0 Å². The van der Waals surface area contributed by atoms with Crippen LogP contribution in [0.2, 0.25) is 0 Å². The van der Waals surface area contributed by atoms with E-state index in [2.05, 4.69) is 0 Å². The molecule has 0 bridgehead atoms. The van der Waals surface area contributed by atoms with Gasteiger partial charge in [0.15, 0.2) is 9.84 Å². The Kier molecular flexibility index (Phi) is 0.841. The zero-order valence-electron chi connectivity index (χ0n) is 4.88. The van der Waals surface area contributed by atoms with E-state index in [0.29, 0.717) is 0 Å². The molecule has 0 aromatic heterocycles. The zero-order valence-corrected chi connectivity index (χ0v) is 5.70. The van der Waals surface area contributed by atoms with Gasteiger partial charge in [0.05, 0.1) is 4.75 Å². The Morgan fingerprint density at radius 2 is 1.75 bits per heavy atom. The van der Waals surface area contributed by atoms with Gasteiger partial charge < -0.3 is 0 Å². The molecule has 0 aliphatic carbocycles. The topological polar surface area (TPSA) is 34.1 Å². The molecule has 1 rings (SSSR count). The van der Waals surface area contributed by atoms with E-state index in [1.807, 2.05) is 0 Å². The molecule has 2 nitrogen and oxygen atoms in total. The van der Waals surface area contributed by atoms with E-state index in [0.717, 1.165) is 0 Å². The van der Waals surface area contributed by atoms with Gasteiger partial charge in [-0.2, -0.15) is 0 Å². The first-order chi connectivity index (χ1) is 3.46. The van der Waals surface area contributed by atoms with Gasteiger partial charge in [-0.25, -0.2) is 8.42 Å². The van der Waals surface area contributed by atoms with E-state index in [9.17, 15) is 8.42 Å². The highest BCUT2D eigenvalue weighted by molar-refractivity contribution is 7.97. The zero-order chi connectivity index (χ0) is 6.41. The van der Waals surface area contributed by atoms with E-state index in [-0.39, 0.29) is 0 Å². The van der Waals surface area contributed by atoms with E-state index >= 15 is 0 Å². The summed E-state index contributed by atoms with van der Waals surface area (Å²) in [5, 5.41) is 1.24. The van der Waals surface area contributed by atoms with Gasteiger partial charge in [-0.15, -0.1) is 0 Å². The summed E-state index contributed by atoms with van der Waals surface area (Å²) < 4.78 is 20.7. The van der Waals surface area contributed by atoms with Crippen LogP contribution in [0.25, 0.3) is 0 Å².